The first-order valence-corrected chi connectivity index (χ1v) is 2.35. The first-order chi connectivity index (χ1) is 4.43. The van der Waals surface area contributed by atoms with E-state index in [4.69, 9.17) is 5.41 Å². The van der Waals surface area contributed by atoms with Gasteiger partial charge in [0.05, 0.1) is 6.20 Å². The van der Waals surface area contributed by atoms with Gasteiger partial charge in [-0.05, 0) is 0 Å². The lowest BCUT2D eigenvalue weighted by Gasteiger charge is -1.91. The van der Waals surface area contributed by atoms with E-state index in [9.17, 15) is 0 Å². The summed E-state index contributed by atoms with van der Waals surface area (Å²) in [6.45, 7) is 0. The van der Waals surface area contributed by atoms with Crippen LogP contribution in [0.3, 0.4) is 0 Å². The topological polar surface area (TPSA) is 58.9 Å². The summed E-state index contributed by atoms with van der Waals surface area (Å²) in [6.07, 6.45) is 5.28. The molecular formula is C5H5N3O. The fourth-order valence-corrected chi connectivity index (χ4v) is 0.407. The van der Waals surface area contributed by atoms with E-state index in [0.717, 1.165) is 6.40 Å². The third kappa shape index (κ3) is 1.49. The maximum Gasteiger partial charge on any atom is 0.239 e. The zero-order chi connectivity index (χ0) is 6.53. The average molecular weight is 123 g/mol. The third-order valence-corrected chi connectivity index (χ3v) is 0.719. The third-order valence-electron chi connectivity index (χ3n) is 0.719. The maximum atomic E-state index is 6.53. The van der Waals surface area contributed by atoms with Crippen LogP contribution in [0.5, 0.6) is 5.88 Å². The van der Waals surface area contributed by atoms with Crippen molar-refractivity contribution in [2.75, 3.05) is 0 Å². The lowest BCUT2D eigenvalue weighted by molar-refractivity contribution is 0.541. The van der Waals surface area contributed by atoms with Gasteiger partial charge in [0.2, 0.25) is 5.88 Å². The van der Waals surface area contributed by atoms with Crippen LogP contribution in [0, 0.1) is 5.41 Å². The smallest absolute Gasteiger partial charge is 0.239 e. The van der Waals surface area contributed by atoms with Gasteiger partial charge >= 0.3 is 0 Å². The summed E-state index contributed by atoms with van der Waals surface area (Å²) in [5, 5.41) is 6.53. The second-order valence-electron chi connectivity index (χ2n) is 1.28. The zero-order valence-corrected chi connectivity index (χ0v) is 4.61. The molecule has 0 saturated heterocycles. The molecule has 1 aromatic rings. The molecule has 1 heterocycles. The van der Waals surface area contributed by atoms with E-state index < -0.39 is 0 Å². The Morgan fingerprint density at radius 3 is 3.00 bits per heavy atom. The van der Waals surface area contributed by atoms with Crippen molar-refractivity contribution in [3.63, 3.8) is 0 Å². The summed E-state index contributed by atoms with van der Waals surface area (Å²) < 4.78 is 4.57. The highest BCUT2D eigenvalue weighted by molar-refractivity contribution is 5.45. The van der Waals surface area contributed by atoms with Crippen LogP contribution < -0.4 is 4.74 Å². The average Bonchev–Trinajstić information content (AvgIpc) is 1.91. The van der Waals surface area contributed by atoms with Gasteiger partial charge in [-0.25, -0.2) is 4.98 Å². The van der Waals surface area contributed by atoms with E-state index in [1.807, 2.05) is 0 Å². The fourth-order valence-electron chi connectivity index (χ4n) is 0.407. The molecule has 0 bridgehead atoms. The Morgan fingerprint density at radius 1 is 1.56 bits per heavy atom. The lowest BCUT2D eigenvalue weighted by atomic mass is 10.7. The van der Waals surface area contributed by atoms with Crippen molar-refractivity contribution < 1.29 is 4.74 Å². The lowest BCUT2D eigenvalue weighted by Crippen LogP contribution is -1.90. The van der Waals surface area contributed by atoms with Crippen LogP contribution >= 0.6 is 0 Å². The molecule has 1 rings (SSSR count). The fraction of sp³-hybridized carbons (Fsp3) is 0. The number of hydrogen-bond acceptors (Lipinski definition) is 4. The highest BCUT2D eigenvalue weighted by atomic mass is 16.5. The normalized spacial score (nSPS) is 8.44. The minimum absolute atomic E-state index is 0.340. The molecule has 9 heavy (non-hydrogen) atoms. The van der Waals surface area contributed by atoms with Crippen LogP contribution in [0.25, 0.3) is 0 Å². The Balaban J connectivity index is 2.72. The predicted molar refractivity (Wildman–Crippen MR) is 31.4 cm³/mol. The molecule has 0 aliphatic carbocycles. The van der Waals surface area contributed by atoms with Crippen molar-refractivity contribution in [3.05, 3.63) is 18.6 Å². The minimum atomic E-state index is 0.340. The molecule has 1 N–H and O–H groups in total. The van der Waals surface area contributed by atoms with Crippen molar-refractivity contribution in [3.8, 4) is 5.88 Å². The van der Waals surface area contributed by atoms with Crippen LogP contribution in [-0.2, 0) is 0 Å². The van der Waals surface area contributed by atoms with Gasteiger partial charge in [-0.1, -0.05) is 0 Å². The number of hydrogen-bond donors (Lipinski definition) is 1. The molecular weight excluding hydrogens is 118 g/mol. The summed E-state index contributed by atoms with van der Waals surface area (Å²) in [4.78, 5) is 7.44. The summed E-state index contributed by atoms with van der Waals surface area (Å²) in [5.41, 5.74) is 0. The van der Waals surface area contributed by atoms with E-state index in [-0.39, 0.29) is 0 Å². The van der Waals surface area contributed by atoms with E-state index >= 15 is 0 Å². The predicted octanol–water partition coefficient (Wildman–Crippen LogP) is 0.462. The van der Waals surface area contributed by atoms with Gasteiger partial charge in [-0.2, -0.15) is 0 Å². The van der Waals surface area contributed by atoms with Gasteiger partial charge in [0.1, 0.15) is 0 Å². The Hall–Kier alpha value is -1.45. The highest BCUT2D eigenvalue weighted by Crippen LogP contribution is 1.97. The van der Waals surface area contributed by atoms with Gasteiger partial charge in [0, 0.05) is 12.4 Å². The molecule has 0 saturated carbocycles. The van der Waals surface area contributed by atoms with E-state index in [1.165, 1.54) is 18.6 Å². The Morgan fingerprint density at radius 2 is 2.44 bits per heavy atom. The molecule has 0 atom stereocenters. The molecule has 0 unspecified atom stereocenters. The number of nitrogens with zero attached hydrogens (tertiary/aromatic N) is 2. The molecule has 46 valence electrons. The molecule has 4 heteroatoms. The minimum Gasteiger partial charge on any atom is -0.426 e. The molecule has 0 spiro atoms. The maximum absolute atomic E-state index is 6.53. The monoisotopic (exact) mass is 123 g/mol. The Labute approximate surface area is 52.0 Å². The molecule has 0 fully saturated rings. The SMILES string of the molecule is N=COc1cnccn1. The number of aromatic nitrogens is 2. The van der Waals surface area contributed by atoms with Crippen LogP contribution in [0.2, 0.25) is 0 Å². The van der Waals surface area contributed by atoms with Crippen molar-refractivity contribution in [2.24, 2.45) is 0 Å². The van der Waals surface area contributed by atoms with Gasteiger partial charge < -0.3 is 4.74 Å². The molecule has 0 amide bonds. The van der Waals surface area contributed by atoms with Crippen LogP contribution in [0.15, 0.2) is 18.6 Å². The molecule has 0 aliphatic rings. The second-order valence-corrected chi connectivity index (χ2v) is 1.28. The van der Waals surface area contributed by atoms with Crippen LogP contribution in [0.1, 0.15) is 0 Å². The quantitative estimate of drug-likeness (QED) is 0.459. The number of ether oxygens (including phenoxy) is 1. The summed E-state index contributed by atoms with van der Waals surface area (Å²) in [6, 6.07) is 0. The first-order valence-electron chi connectivity index (χ1n) is 2.35. The zero-order valence-electron chi connectivity index (χ0n) is 4.61. The summed E-state index contributed by atoms with van der Waals surface area (Å²) >= 11 is 0. The highest BCUT2D eigenvalue weighted by Gasteiger charge is 1.86. The molecule has 0 aliphatic heterocycles. The second kappa shape index (κ2) is 2.76. The molecule has 1 aromatic heterocycles. The van der Waals surface area contributed by atoms with E-state index in [1.54, 1.807) is 0 Å². The largest absolute Gasteiger partial charge is 0.426 e. The van der Waals surface area contributed by atoms with Gasteiger partial charge in [0.25, 0.3) is 0 Å². The first kappa shape index (κ1) is 5.68. The van der Waals surface area contributed by atoms with E-state index in [2.05, 4.69) is 14.7 Å². The van der Waals surface area contributed by atoms with Gasteiger partial charge in [-0.3, -0.25) is 10.4 Å². The standard InChI is InChI=1S/C5H5N3O/c6-4-9-5-3-7-1-2-8-5/h1-4,6H. The van der Waals surface area contributed by atoms with Crippen LogP contribution in [0.4, 0.5) is 0 Å². The number of rotatable bonds is 2. The molecule has 0 aromatic carbocycles. The summed E-state index contributed by atoms with van der Waals surface area (Å²) in [5.74, 6) is 0.340. The number of nitrogens with one attached hydrogen (secondary N) is 1. The van der Waals surface area contributed by atoms with Crippen molar-refractivity contribution in [1.82, 2.24) is 9.97 Å². The van der Waals surface area contributed by atoms with Crippen molar-refractivity contribution in [2.45, 2.75) is 0 Å². The molecule has 0 radical (unpaired) electrons. The van der Waals surface area contributed by atoms with Gasteiger partial charge in [0.15, 0.2) is 6.40 Å². The summed E-state index contributed by atoms with van der Waals surface area (Å²) in [7, 11) is 0. The van der Waals surface area contributed by atoms with Crippen molar-refractivity contribution in [1.29, 1.82) is 5.41 Å². The van der Waals surface area contributed by atoms with Crippen LogP contribution in [-0.4, -0.2) is 16.4 Å². The van der Waals surface area contributed by atoms with Gasteiger partial charge in [-0.15, -0.1) is 0 Å². The van der Waals surface area contributed by atoms with E-state index in [0.29, 0.717) is 5.88 Å². The van der Waals surface area contributed by atoms with Crippen molar-refractivity contribution >= 4 is 6.40 Å². The Bertz CT molecular complexity index is 187. The Kier molecular flexibility index (Phi) is 1.74. The molecule has 4 nitrogen and oxygen atoms in total.